The maximum Gasteiger partial charge on any atom is 0.172 e. The van der Waals surface area contributed by atoms with Gasteiger partial charge in [-0.15, -0.1) is 12.4 Å². The Kier molecular flexibility index (Phi) is 7.73. The second-order valence-electron chi connectivity index (χ2n) is 4.74. The van der Waals surface area contributed by atoms with Crippen LogP contribution >= 0.6 is 28.3 Å². The monoisotopic (exact) mass is 382 g/mol. The van der Waals surface area contributed by atoms with Crippen LogP contribution in [0.3, 0.4) is 0 Å². The van der Waals surface area contributed by atoms with E-state index in [2.05, 4.69) is 26.1 Å². The van der Waals surface area contributed by atoms with Crippen molar-refractivity contribution < 1.29 is 14.2 Å². The number of phenolic OH excluding ortho intramolecular Hbond substituents is 1. The quantitative estimate of drug-likeness (QED) is 0.821. The minimum absolute atomic E-state index is 0. The van der Waals surface area contributed by atoms with Crippen molar-refractivity contribution in [2.45, 2.75) is 13.0 Å². The third kappa shape index (κ3) is 4.45. The molecule has 0 amide bonds. The molecule has 2 rings (SSSR count). The Bertz CT molecular complexity index is 459. The summed E-state index contributed by atoms with van der Waals surface area (Å²) in [6, 6.07) is 3.20. The van der Waals surface area contributed by atoms with Gasteiger partial charge in [0.05, 0.1) is 17.1 Å². The summed E-state index contributed by atoms with van der Waals surface area (Å²) in [5.41, 5.74) is 0.822. The molecule has 4 nitrogen and oxygen atoms in total. The second-order valence-corrected chi connectivity index (χ2v) is 5.59. The predicted molar refractivity (Wildman–Crippen MR) is 87.4 cm³/mol. The number of phenols is 1. The molecule has 1 aromatic carbocycles. The third-order valence-electron chi connectivity index (χ3n) is 3.47. The lowest BCUT2D eigenvalue weighted by Gasteiger charge is -2.34. The van der Waals surface area contributed by atoms with Crippen molar-refractivity contribution >= 4 is 28.3 Å². The van der Waals surface area contributed by atoms with Gasteiger partial charge in [-0.2, -0.15) is 0 Å². The van der Waals surface area contributed by atoms with Crippen LogP contribution in [0.15, 0.2) is 16.6 Å². The molecule has 0 saturated carbocycles. The molecular formula is C14H21BrClFN2O2. The van der Waals surface area contributed by atoms with Gasteiger partial charge in [-0.25, -0.2) is 4.39 Å². The molecule has 0 aliphatic carbocycles. The van der Waals surface area contributed by atoms with Crippen LogP contribution in [0.25, 0.3) is 0 Å². The maximum atomic E-state index is 13.5. The Morgan fingerprint density at radius 3 is 2.67 bits per heavy atom. The molecule has 1 aliphatic heterocycles. The lowest BCUT2D eigenvalue weighted by molar-refractivity contribution is 0.147. The average molecular weight is 384 g/mol. The van der Waals surface area contributed by atoms with Crippen LogP contribution in [0, 0.1) is 0 Å². The molecular weight excluding hydrogens is 363 g/mol. The highest BCUT2D eigenvalue weighted by molar-refractivity contribution is 9.10. The van der Waals surface area contributed by atoms with Crippen LogP contribution in [0.4, 0.5) is 4.39 Å². The van der Waals surface area contributed by atoms with Crippen molar-refractivity contribution in [1.82, 2.24) is 10.2 Å². The third-order valence-corrected chi connectivity index (χ3v) is 4.08. The highest BCUT2D eigenvalue weighted by Gasteiger charge is 2.24. The van der Waals surface area contributed by atoms with E-state index in [1.807, 2.05) is 6.92 Å². The van der Waals surface area contributed by atoms with Crippen LogP contribution in [0.5, 0.6) is 11.5 Å². The first-order chi connectivity index (χ1) is 9.67. The van der Waals surface area contributed by atoms with E-state index in [4.69, 9.17) is 4.74 Å². The van der Waals surface area contributed by atoms with Crippen molar-refractivity contribution in [3.63, 3.8) is 0 Å². The number of hydrogen-bond acceptors (Lipinski definition) is 4. The molecule has 0 unspecified atom stereocenters. The van der Waals surface area contributed by atoms with Gasteiger partial charge in [-0.3, -0.25) is 4.90 Å². The van der Waals surface area contributed by atoms with Gasteiger partial charge in [0.15, 0.2) is 11.5 Å². The summed E-state index contributed by atoms with van der Waals surface area (Å²) in [6.45, 7) is 5.22. The number of halogens is 3. The van der Waals surface area contributed by atoms with E-state index >= 15 is 0 Å². The lowest BCUT2D eigenvalue weighted by atomic mass is 10.0. The molecule has 0 aromatic heterocycles. The SMILES string of the molecule is CCOc1cc([C@@H](CF)N2CCNCC2)cc(Br)c1O.Cl. The van der Waals surface area contributed by atoms with Gasteiger partial charge in [-0.1, -0.05) is 0 Å². The molecule has 0 spiro atoms. The smallest absolute Gasteiger partial charge is 0.172 e. The molecule has 1 heterocycles. The largest absolute Gasteiger partial charge is 0.503 e. The van der Waals surface area contributed by atoms with Gasteiger partial charge in [0.25, 0.3) is 0 Å². The van der Waals surface area contributed by atoms with Crippen LogP contribution in [-0.2, 0) is 0 Å². The Labute approximate surface area is 139 Å². The Morgan fingerprint density at radius 1 is 1.43 bits per heavy atom. The van der Waals surface area contributed by atoms with Crippen molar-refractivity contribution in [2.24, 2.45) is 0 Å². The van der Waals surface area contributed by atoms with E-state index in [0.717, 1.165) is 31.7 Å². The molecule has 1 saturated heterocycles. The van der Waals surface area contributed by atoms with Gasteiger partial charge in [0, 0.05) is 26.2 Å². The molecule has 1 aromatic rings. The summed E-state index contributed by atoms with van der Waals surface area (Å²) in [5, 5.41) is 13.2. The zero-order valence-electron chi connectivity index (χ0n) is 11.9. The van der Waals surface area contributed by atoms with E-state index in [-0.39, 0.29) is 24.2 Å². The Morgan fingerprint density at radius 2 is 2.10 bits per heavy atom. The summed E-state index contributed by atoms with van der Waals surface area (Å²) in [4.78, 5) is 2.12. The van der Waals surface area contributed by atoms with Crippen molar-refractivity contribution in [2.75, 3.05) is 39.5 Å². The number of rotatable bonds is 5. The topological polar surface area (TPSA) is 44.7 Å². The highest BCUT2D eigenvalue weighted by atomic mass is 79.9. The summed E-state index contributed by atoms with van der Waals surface area (Å²) in [5.74, 6) is 0.457. The maximum absolute atomic E-state index is 13.5. The number of ether oxygens (including phenoxy) is 1. The predicted octanol–water partition coefficient (Wildman–Crippen LogP) is 2.89. The van der Waals surface area contributed by atoms with E-state index in [9.17, 15) is 9.50 Å². The lowest BCUT2D eigenvalue weighted by Crippen LogP contribution is -2.45. The number of hydrogen-bond donors (Lipinski definition) is 2. The van der Waals surface area contributed by atoms with Crippen LogP contribution in [0.2, 0.25) is 0 Å². The summed E-state index contributed by atoms with van der Waals surface area (Å²) in [6.07, 6.45) is 0. The van der Waals surface area contributed by atoms with E-state index in [1.54, 1.807) is 12.1 Å². The minimum atomic E-state index is -0.456. The molecule has 7 heteroatoms. The zero-order chi connectivity index (χ0) is 14.5. The summed E-state index contributed by atoms with van der Waals surface area (Å²) in [7, 11) is 0. The van der Waals surface area contributed by atoms with Gasteiger partial charge in [-0.05, 0) is 40.5 Å². The Hall–Kier alpha value is -0.560. The van der Waals surface area contributed by atoms with Crippen LogP contribution < -0.4 is 10.1 Å². The van der Waals surface area contributed by atoms with Gasteiger partial charge in [0.1, 0.15) is 6.67 Å². The fourth-order valence-corrected chi connectivity index (χ4v) is 2.90. The van der Waals surface area contributed by atoms with Crippen LogP contribution in [-0.4, -0.2) is 49.5 Å². The minimum Gasteiger partial charge on any atom is -0.503 e. The van der Waals surface area contributed by atoms with Gasteiger partial charge in [0.2, 0.25) is 0 Å². The number of benzene rings is 1. The molecule has 1 fully saturated rings. The first-order valence-corrected chi connectivity index (χ1v) is 7.62. The van der Waals surface area contributed by atoms with E-state index < -0.39 is 6.67 Å². The number of alkyl halides is 1. The van der Waals surface area contributed by atoms with Gasteiger partial charge >= 0.3 is 0 Å². The molecule has 1 aliphatic rings. The van der Waals surface area contributed by atoms with Crippen LogP contribution in [0.1, 0.15) is 18.5 Å². The Balaban J connectivity index is 0.00000220. The van der Waals surface area contributed by atoms with Crippen molar-refractivity contribution in [3.05, 3.63) is 22.2 Å². The first-order valence-electron chi connectivity index (χ1n) is 6.83. The number of aromatic hydroxyl groups is 1. The fourth-order valence-electron chi connectivity index (χ4n) is 2.44. The standard InChI is InChI=1S/C14H20BrFN2O2.ClH/c1-2-20-13-8-10(7-11(15)14(13)19)12(9-16)18-5-3-17-4-6-18;/h7-8,12,17,19H,2-6,9H2,1H3;1H/t12-;/m1./s1. The second kappa shape index (κ2) is 8.78. The fraction of sp³-hybridized carbons (Fsp3) is 0.571. The molecule has 2 N–H and O–H groups in total. The molecule has 120 valence electrons. The first kappa shape index (κ1) is 18.5. The van der Waals surface area contributed by atoms with Crippen molar-refractivity contribution in [3.8, 4) is 11.5 Å². The van der Waals surface area contributed by atoms with E-state index in [0.29, 0.717) is 16.8 Å². The number of nitrogens with one attached hydrogen (secondary N) is 1. The molecule has 1 atom stereocenters. The van der Waals surface area contributed by atoms with E-state index in [1.165, 1.54) is 0 Å². The van der Waals surface area contributed by atoms with Crippen molar-refractivity contribution in [1.29, 1.82) is 0 Å². The summed E-state index contributed by atoms with van der Waals surface area (Å²) >= 11 is 3.31. The summed E-state index contributed by atoms with van der Waals surface area (Å²) < 4.78 is 19.4. The average Bonchev–Trinajstić information content (AvgIpc) is 2.46. The highest BCUT2D eigenvalue weighted by Crippen LogP contribution is 2.38. The zero-order valence-corrected chi connectivity index (χ0v) is 14.3. The molecule has 0 bridgehead atoms. The molecule has 21 heavy (non-hydrogen) atoms. The molecule has 0 radical (unpaired) electrons. The number of piperazine rings is 1. The van der Waals surface area contributed by atoms with Gasteiger partial charge < -0.3 is 15.2 Å². The normalized spacial score (nSPS) is 17.1. The number of nitrogens with zero attached hydrogens (tertiary/aromatic N) is 1.